The second-order valence-corrected chi connectivity index (χ2v) is 0. The Hall–Kier alpha value is -1.24. The van der Waals surface area contributed by atoms with Crippen LogP contribution in [0, 0.1) is 47.3 Å². The van der Waals surface area contributed by atoms with Crippen LogP contribution in [0.3, 0.4) is 0 Å². The van der Waals surface area contributed by atoms with Gasteiger partial charge in [-0.15, -0.1) is 0 Å². The summed E-state index contributed by atoms with van der Waals surface area (Å²) >= 11 is 0. The first kappa shape index (κ1) is 46.6. The van der Waals surface area contributed by atoms with E-state index in [4.69, 9.17) is 47.3 Å². The van der Waals surface area contributed by atoms with Crippen LogP contribution in [0.1, 0.15) is 0 Å². The molecule has 0 spiro atoms. The first-order valence-corrected chi connectivity index (χ1v) is 0.894. The molecule has 0 rings (SSSR count). The van der Waals surface area contributed by atoms with Gasteiger partial charge in [-0.25, -0.2) is 0 Å². The first-order valence-electron chi connectivity index (χ1n) is 0.894. The summed E-state index contributed by atoms with van der Waals surface area (Å²) in [7, 11) is 0. The number of hydrogen-bond acceptors (Lipinski definition) is 4. The van der Waals surface area contributed by atoms with Gasteiger partial charge in [-0.3, -0.25) is 0 Å². The Morgan fingerprint density at radius 3 is 0.444 bits per heavy atom. The fourth-order valence-corrected chi connectivity index (χ4v) is 0. The second kappa shape index (κ2) is 145. The van der Waals surface area contributed by atoms with Crippen LogP contribution in [0.25, 0.3) is 0 Å². The van der Waals surface area contributed by atoms with E-state index in [-0.39, 0.29) is 23.9 Å². The van der Waals surface area contributed by atoms with Crippen LogP contribution >= 0.6 is 0 Å². The molecule has 0 aliphatic heterocycles. The van der Waals surface area contributed by atoms with E-state index < -0.39 is 0 Å². The molecule has 0 fully saturated rings. The Morgan fingerprint density at radius 1 is 0.444 bits per heavy atom. The molecule has 4 nitrogen and oxygen atoms in total. The molecule has 9 heavy (non-hydrogen) atoms. The third-order valence-electron chi connectivity index (χ3n) is 0. The van der Waals surface area contributed by atoms with E-state index in [2.05, 4.69) is 0 Å². The predicted octanol–water partition coefficient (Wildman–Crippen LogP) is 0.00468. The quantitative estimate of drug-likeness (QED) is 0.426. The van der Waals surface area contributed by atoms with Gasteiger partial charge in [0.1, 0.15) is 0 Å². The van der Waals surface area contributed by atoms with Crippen molar-refractivity contribution < 1.29 is 0 Å². The predicted molar refractivity (Wildman–Crippen MR) is 25.6 cm³/mol. The van der Waals surface area contributed by atoms with Gasteiger partial charge in [0.15, 0.2) is 0 Å². The van der Waals surface area contributed by atoms with Gasteiger partial charge in [0.25, 0.3) is 0 Å². The fourth-order valence-electron chi connectivity index (χ4n) is 0. The Kier molecular flexibility index (Phi) is 753. The van der Waals surface area contributed by atoms with E-state index in [1.807, 2.05) is 0 Å². The monoisotopic (exact) mass is 224 g/mol. The maximum absolute atomic E-state index is 6.25. The topological polar surface area (TPSA) is 95.2 Å². The van der Waals surface area contributed by atoms with E-state index in [0.29, 0.717) is 0 Å². The van der Waals surface area contributed by atoms with Gasteiger partial charge in [0.05, 0.1) is 0 Å². The van der Waals surface area contributed by atoms with Crippen molar-refractivity contribution in [2.75, 3.05) is 0 Å². The molecule has 0 aliphatic carbocycles. The standard InChI is InChI=1S/4CN.Sn/c4*1-2;/q4*-1;+4. The summed E-state index contributed by atoms with van der Waals surface area (Å²) in [5, 5.41) is 25.0. The van der Waals surface area contributed by atoms with Crippen molar-refractivity contribution in [3.8, 4) is 0 Å². The van der Waals surface area contributed by atoms with E-state index in [0.717, 1.165) is 0 Å². The Balaban J connectivity index is -0.00000000762. The molecule has 0 saturated carbocycles. The maximum atomic E-state index is 6.25. The van der Waals surface area contributed by atoms with E-state index >= 15 is 0 Å². The number of hydrogen-bond donors (Lipinski definition) is 0. The van der Waals surface area contributed by atoms with Gasteiger partial charge < -0.3 is 47.3 Å². The van der Waals surface area contributed by atoms with Gasteiger partial charge in [-0.1, -0.05) is 0 Å². The molecule has 0 aromatic rings. The van der Waals surface area contributed by atoms with Crippen molar-refractivity contribution in [2.24, 2.45) is 0 Å². The summed E-state index contributed by atoms with van der Waals surface area (Å²) in [6, 6.07) is 0. The number of nitrogens with zero attached hydrogens (tertiary/aromatic N) is 4. The van der Waals surface area contributed by atoms with Gasteiger partial charge in [-0.05, 0) is 0 Å². The molecule has 0 aromatic heterocycles. The Bertz CT molecular complexity index is 55.5. The molecule has 0 amide bonds. The zero-order valence-corrected chi connectivity index (χ0v) is 7.14. The molecule has 0 heterocycles. The average molecular weight is 223 g/mol. The maximum Gasteiger partial charge on any atom is 4.00 e. The van der Waals surface area contributed by atoms with Crippen LogP contribution < -0.4 is 0 Å². The van der Waals surface area contributed by atoms with Crippen LogP contribution in [0.4, 0.5) is 0 Å². The molecule has 0 unspecified atom stereocenters. The molecule has 0 aromatic carbocycles. The van der Waals surface area contributed by atoms with Crippen LogP contribution in [-0.2, 0) is 0 Å². The van der Waals surface area contributed by atoms with Crippen molar-refractivity contribution in [1.82, 2.24) is 0 Å². The van der Waals surface area contributed by atoms with E-state index in [1.54, 1.807) is 0 Å². The smallest absolute Gasteiger partial charge is 0.512 e. The molecule has 0 aliphatic rings. The van der Waals surface area contributed by atoms with Crippen molar-refractivity contribution >= 4 is 23.9 Å². The second-order valence-electron chi connectivity index (χ2n) is 0. The molecule has 40 valence electrons. The molecule has 5 heteroatoms. The van der Waals surface area contributed by atoms with E-state index in [1.165, 1.54) is 0 Å². The summed E-state index contributed by atoms with van der Waals surface area (Å²) in [5.41, 5.74) is 0. The average Bonchev–Trinajstić information content (AvgIpc) is 2.03. The van der Waals surface area contributed by atoms with Crippen LogP contribution in [0.5, 0.6) is 0 Å². The van der Waals surface area contributed by atoms with Gasteiger partial charge in [-0.2, -0.15) is 0 Å². The molecule has 0 N–H and O–H groups in total. The van der Waals surface area contributed by atoms with Gasteiger partial charge in [0, 0.05) is 0 Å². The Labute approximate surface area is 71.5 Å². The summed E-state index contributed by atoms with van der Waals surface area (Å²) in [6.45, 7) is 19.0. The Morgan fingerprint density at radius 2 is 0.444 bits per heavy atom. The largest absolute Gasteiger partial charge is 4.00 e. The minimum absolute atomic E-state index is 0. The van der Waals surface area contributed by atoms with Gasteiger partial charge >= 0.3 is 23.9 Å². The van der Waals surface area contributed by atoms with Crippen LogP contribution in [0.2, 0.25) is 0 Å². The van der Waals surface area contributed by atoms with Gasteiger partial charge in [0.2, 0.25) is 0 Å². The third-order valence-corrected chi connectivity index (χ3v) is 0. The SMILES string of the molecule is [C-]#N.[C-]#N.[C-]#N.[C-]#N.[Sn+4]. The zero-order valence-electron chi connectivity index (χ0n) is 4.29. The summed E-state index contributed by atoms with van der Waals surface area (Å²) < 4.78 is 0. The summed E-state index contributed by atoms with van der Waals surface area (Å²) in [6.07, 6.45) is 0. The van der Waals surface area contributed by atoms with Crippen LogP contribution in [0.15, 0.2) is 0 Å². The van der Waals surface area contributed by atoms with Crippen molar-refractivity contribution in [3.05, 3.63) is 26.3 Å². The molecule has 0 atom stereocenters. The molecular weight excluding hydrogens is 223 g/mol. The third kappa shape index (κ3) is 99.3. The number of rotatable bonds is 0. The summed E-state index contributed by atoms with van der Waals surface area (Å²) in [5.74, 6) is 0. The molecule has 0 radical (unpaired) electrons. The van der Waals surface area contributed by atoms with Crippen molar-refractivity contribution in [2.45, 2.75) is 0 Å². The van der Waals surface area contributed by atoms with Crippen molar-refractivity contribution in [3.63, 3.8) is 0 Å². The molecule has 0 bridgehead atoms. The minimum atomic E-state index is 0. The van der Waals surface area contributed by atoms with Crippen LogP contribution in [-0.4, -0.2) is 23.9 Å². The van der Waals surface area contributed by atoms with E-state index in [9.17, 15) is 0 Å². The summed E-state index contributed by atoms with van der Waals surface area (Å²) in [4.78, 5) is 0. The fraction of sp³-hybridized carbons (Fsp3) is 0. The van der Waals surface area contributed by atoms with Crippen molar-refractivity contribution in [1.29, 1.82) is 21.0 Å². The zero-order chi connectivity index (χ0) is 8.00. The minimum Gasteiger partial charge on any atom is -0.512 e. The molecular formula is C4N4Sn. The normalized spacial score (nSPS) is 0.889. The molecule has 0 saturated heterocycles. The first-order chi connectivity index (χ1) is 4.00.